The molecule has 0 aromatic rings. The van der Waals surface area contributed by atoms with Crippen LogP contribution in [0.2, 0.25) is 0 Å². The first-order chi connectivity index (χ1) is 10.6. The SMILES string of the molecule is C[C@@H]1COC2CC3(C)C45CCCOC(=O)C3(OC4OCC5)C21. The number of rotatable bonds is 0. The molecule has 122 valence electrons. The van der Waals surface area contributed by atoms with Crippen molar-refractivity contribution in [1.29, 1.82) is 0 Å². The highest BCUT2D eigenvalue weighted by atomic mass is 16.7. The quantitative estimate of drug-likeness (QED) is 0.640. The molecule has 1 aliphatic carbocycles. The van der Waals surface area contributed by atoms with E-state index in [1.807, 2.05) is 0 Å². The van der Waals surface area contributed by atoms with E-state index in [1.165, 1.54) is 0 Å². The highest BCUT2D eigenvalue weighted by molar-refractivity contribution is 5.83. The van der Waals surface area contributed by atoms with Crippen molar-refractivity contribution < 1.29 is 23.7 Å². The first kappa shape index (κ1) is 13.8. The molecular weight excluding hydrogens is 284 g/mol. The van der Waals surface area contributed by atoms with Crippen LogP contribution >= 0.6 is 0 Å². The lowest BCUT2D eigenvalue weighted by atomic mass is 9.55. The van der Waals surface area contributed by atoms with Gasteiger partial charge in [-0.3, -0.25) is 0 Å². The van der Waals surface area contributed by atoms with Crippen molar-refractivity contribution in [2.45, 2.75) is 57.5 Å². The second-order valence-electron chi connectivity index (χ2n) is 8.11. The van der Waals surface area contributed by atoms with Crippen molar-refractivity contribution in [1.82, 2.24) is 0 Å². The highest BCUT2D eigenvalue weighted by Gasteiger charge is 2.83. The van der Waals surface area contributed by atoms with E-state index in [4.69, 9.17) is 18.9 Å². The molecule has 4 aliphatic heterocycles. The molecule has 5 nitrogen and oxygen atoms in total. The van der Waals surface area contributed by atoms with Gasteiger partial charge >= 0.3 is 5.97 Å². The van der Waals surface area contributed by atoms with Crippen LogP contribution in [0.1, 0.15) is 39.5 Å². The topological polar surface area (TPSA) is 54.0 Å². The molecular formula is C17H24O5. The summed E-state index contributed by atoms with van der Waals surface area (Å²) in [6.45, 7) is 6.35. The van der Waals surface area contributed by atoms with E-state index in [9.17, 15) is 4.79 Å². The second kappa shape index (κ2) is 4.05. The third-order valence-corrected chi connectivity index (χ3v) is 7.45. The standard InChI is InChI=1S/C17H24O5/c1-10-9-21-11-8-15(2)16-4-3-6-19-13(18)17(15,12(10)11)22-14(16)20-7-5-16/h10-12,14H,3-9H2,1-2H3/t10-,11?,12?,14?,15?,16?,17?/m1/s1. The summed E-state index contributed by atoms with van der Waals surface area (Å²) in [4.78, 5) is 13.1. The summed E-state index contributed by atoms with van der Waals surface area (Å²) in [5, 5.41) is 0. The van der Waals surface area contributed by atoms with Crippen LogP contribution in [0.25, 0.3) is 0 Å². The maximum absolute atomic E-state index is 13.1. The smallest absolute Gasteiger partial charge is 0.339 e. The van der Waals surface area contributed by atoms with E-state index >= 15 is 0 Å². The maximum Gasteiger partial charge on any atom is 0.339 e. The third-order valence-electron chi connectivity index (χ3n) is 7.45. The molecule has 0 aromatic carbocycles. The summed E-state index contributed by atoms with van der Waals surface area (Å²) >= 11 is 0. The van der Waals surface area contributed by atoms with Crippen LogP contribution in [0.4, 0.5) is 0 Å². The van der Waals surface area contributed by atoms with Gasteiger partial charge < -0.3 is 18.9 Å². The lowest BCUT2D eigenvalue weighted by molar-refractivity contribution is -0.211. The van der Waals surface area contributed by atoms with E-state index in [2.05, 4.69) is 13.8 Å². The molecule has 5 heteroatoms. The Morgan fingerprint density at radius 2 is 2.05 bits per heavy atom. The van der Waals surface area contributed by atoms with Crippen molar-refractivity contribution >= 4 is 5.97 Å². The zero-order valence-electron chi connectivity index (χ0n) is 13.3. The molecule has 6 unspecified atom stereocenters. The number of carbonyl (C=O) groups excluding carboxylic acids is 1. The van der Waals surface area contributed by atoms with Gasteiger partial charge in [0.15, 0.2) is 11.9 Å². The van der Waals surface area contributed by atoms with Gasteiger partial charge in [0.1, 0.15) is 0 Å². The fourth-order valence-corrected chi connectivity index (χ4v) is 6.47. The number of ether oxygens (including phenoxy) is 4. The van der Waals surface area contributed by atoms with Gasteiger partial charge in [0.05, 0.1) is 19.3 Å². The zero-order valence-corrected chi connectivity index (χ0v) is 13.3. The molecule has 7 atom stereocenters. The van der Waals surface area contributed by atoms with Crippen LogP contribution in [0.5, 0.6) is 0 Å². The number of fused-ring (bicyclic) bond motifs is 1. The van der Waals surface area contributed by atoms with Crippen molar-refractivity contribution in [2.75, 3.05) is 19.8 Å². The summed E-state index contributed by atoms with van der Waals surface area (Å²) in [7, 11) is 0. The number of hydrogen-bond donors (Lipinski definition) is 0. The molecule has 0 radical (unpaired) electrons. The van der Waals surface area contributed by atoms with Crippen LogP contribution in [0.3, 0.4) is 0 Å². The minimum atomic E-state index is -0.876. The maximum atomic E-state index is 13.1. The Morgan fingerprint density at radius 1 is 1.18 bits per heavy atom. The predicted octanol–water partition coefficient (Wildman–Crippen LogP) is 1.89. The van der Waals surface area contributed by atoms with Crippen molar-refractivity contribution in [3.8, 4) is 0 Å². The number of hydrogen-bond acceptors (Lipinski definition) is 5. The van der Waals surface area contributed by atoms with Gasteiger partial charge in [0.2, 0.25) is 0 Å². The van der Waals surface area contributed by atoms with Crippen molar-refractivity contribution in [3.05, 3.63) is 0 Å². The Bertz CT molecular complexity index is 535. The average molecular weight is 308 g/mol. The molecule has 22 heavy (non-hydrogen) atoms. The fourth-order valence-electron chi connectivity index (χ4n) is 6.47. The molecule has 4 saturated heterocycles. The van der Waals surface area contributed by atoms with E-state index in [-0.39, 0.29) is 35.1 Å². The third kappa shape index (κ3) is 1.21. The summed E-state index contributed by atoms with van der Waals surface area (Å²) in [5.41, 5.74) is -1.18. The van der Waals surface area contributed by atoms with E-state index < -0.39 is 5.60 Å². The van der Waals surface area contributed by atoms with E-state index in [0.29, 0.717) is 19.1 Å². The minimum Gasteiger partial charge on any atom is -0.464 e. The van der Waals surface area contributed by atoms with Crippen LogP contribution in [-0.2, 0) is 23.7 Å². The number of cyclic esters (lactones) is 1. The molecule has 2 bridgehead atoms. The molecule has 5 rings (SSSR count). The van der Waals surface area contributed by atoms with Gasteiger partial charge in [-0.2, -0.15) is 0 Å². The summed E-state index contributed by atoms with van der Waals surface area (Å²) < 4.78 is 24.1. The van der Waals surface area contributed by atoms with Gasteiger partial charge in [-0.15, -0.1) is 0 Å². The minimum absolute atomic E-state index is 0.0557. The Morgan fingerprint density at radius 3 is 2.91 bits per heavy atom. The van der Waals surface area contributed by atoms with Crippen LogP contribution in [0, 0.1) is 22.7 Å². The Labute approximate surface area is 130 Å². The molecule has 5 fully saturated rings. The van der Waals surface area contributed by atoms with E-state index in [1.54, 1.807) is 0 Å². The first-order valence-electron chi connectivity index (χ1n) is 8.63. The molecule has 5 aliphatic rings. The lowest BCUT2D eigenvalue weighted by Crippen LogP contribution is -2.58. The summed E-state index contributed by atoms with van der Waals surface area (Å²) in [6, 6.07) is 0. The van der Waals surface area contributed by atoms with Crippen molar-refractivity contribution in [2.24, 2.45) is 22.7 Å². The summed E-state index contributed by atoms with van der Waals surface area (Å²) in [5.74, 6) is 0.237. The largest absolute Gasteiger partial charge is 0.464 e. The van der Waals surface area contributed by atoms with Crippen LogP contribution in [-0.4, -0.2) is 43.8 Å². The van der Waals surface area contributed by atoms with Gasteiger partial charge in [-0.25, -0.2) is 4.79 Å². The molecule has 0 aromatic heterocycles. The second-order valence-corrected chi connectivity index (χ2v) is 8.11. The normalized spacial score (nSPS) is 59.5. The van der Waals surface area contributed by atoms with E-state index in [0.717, 1.165) is 32.3 Å². The number of esters is 1. The van der Waals surface area contributed by atoms with Gasteiger partial charge in [-0.1, -0.05) is 13.8 Å². The predicted molar refractivity (Wildman–Crippen MR) is 75.9 cm³/mol. The Balaban J connectivity index is 1.73. The average Bonchev–Trinajstić information content (AvgIpc) is 3.14. The number of carbonyl (C=O) groups is 1. The molecule has 0 amide bonds. The fraction of sp³-hybridized carbons (Fsp3) is 0.941. The molecule has 4 heterocycles. The Hall–Kier alpha value is -0.650. The molecule has 1 saturated carbocycles. The Kier molecular flexibility index (Phi) is 2.54. The van der Waals surface area contributed by atoms with Crippen molar-refractivity contribution in [3.63, 3.8) is 0 Å². The van der Waals surface area contributed by atoms with Gasteiger partial charge in [-0.05, 0) is 31.6 Å². The monoisotopic (exact) mass is 308 g/mol. The summed E-state index contributed by atoms with van der Waals surface area (Å²) in [6.07, 6.45) is 3.64. The van der Waals surface area contributed by atoms with Gasteiger partial charge in [0.25, 0.3) is 0 Å². The van der Waals surface area contributed by atoms with Crippen LogP contribution < -0.4 is 0 Å². The zero-order chi connectivity index (χ0) is 15.2. The molecule has 1 spiro atoms. The van der Waals surface area contributed by atoms with Gasteiger partial charge in [0, 0.05) is 23.4 Å². The molecule has 0 N–H and O–H groups in total. The first-order valence-corrected chi connectivity index (χ1v) is 8.63. The van der Waals surface area contributed by atoms with Crippen LogP contribution in [0.15, 0.2) is 0 Å². The lowest BCUT2D eigenvalue weighted by Gasteiger charge is -2.46. The highest BCUT2D eigenvalue weighted by Crippen LogP contribution is 2.74.